The first-order chi connectivity index (χ1) is 16.1. The van der Waals surface area contributed by atoms with Gasteiger partial charge in [0.05, 0.1) is 30.3 Å². The number of carbonyl (C=O) groups is 2. The number of piperazine rings is 1. The minimum absolute atomic E-state index is 0.00985. The molecule has 7 nitrogen and oxygen atoms in total. The van der Waals surface area contributed by atoms with Crippen LogP contribution in [-0.2, 0) is 22.3 Å². The maximum atomic E-state index is 13.7. The van der Waals surface area contributed by atoms with E-state index in [0.717, 1.165) is 12.1 Å². The van der Waals surface area contributed by atoms with Crippen LogP contribution in [0, 0.1) is 11.3 Å². The lowest BCUT2D eigenvalue weighted by Gasteiger charge is -2.58. The highest BCUT2D eigenvalue weighted by atomic mass is 32.1. The van der Waals surface area contributed by atoms with Crippen molar-refractivity contribution in [2.75, 3.05) is 31.6 Å². The molecule has 2 heterocycles. The van der Waals surface area contributed by atoms with Crippen molar-refractivity contribution in [3.05, 3.63) is 65.2 Å². The van der Waals surface area contributed by atoms with Gasteiger partial charge in [-0.1, -0.05) is 12.1 Å². The third-order valence-corrected chi connectivity index (χ3v) is 6.55. The maximum Gasteiger partial charge on any atom is 0.416 e. The number of rotatable bonds is 3. The summed E-state index contributed by atoms with van der Waals surface area (Å²) < 4.78 is 38.8. The second-order valence-corrected chi connectivity index (χ2v) is 8.55. The number of thiocarbonyl (C=S) groups is 1. The summed E-state index contributed by atoms with van der Waals surface area (Å²) >= 11 is 5.27. The Morgan fingerprint density at radius 1 is 1.12 bits per heavy atom. The molecule has 2 fully saturated rings. The number of hydrogen-bond acceptors (Lipinski definition) is 4. The van der Waals surface area contributed by atoms with Crippen LogP contribution in [0.1, 0.15) is 16.7 Å². The zero-order chi connectivity index (χ0) is 24.7. The number of amides is 2. The first-order valence-corrected chi connectivity index (χ1v) is 10.8. The fraction of sp³-hybridized carbons (Fsp3) is 0.304. The number of nitriles is 1. The summed E-state index contributed by atoms with van der Waals surface area (Å²) in [5, 5.41) is 12.3. The van der Waals surface area contributed by atoms with Crippen molar-refractivity contribution in [2.45, 2.75) is 18.3 Å². The third kappa shape index (κ3) is 4.05. The van der Waals surface area contributed by atoms with E-state index in [9.17, 15) is 22.8 Å². The molecule has 176 valence electrons. The molecule has 0 bridgehead atoms. The lowest BCUT2D eigenvalue weighted by molar-refractivity contribution is -0.160. The van der Waals surface area contributed by atoms with E-state index in [1.165, 1.54) is 21.9 Å². The van der Waals surface area contributed by atoms with E-state index < -0.39 is 17.3 Å². The van der Waals surface area contributed by atoms with E-state index in [0.29, 0.717) is 21.9 Å². The number of benzene rings is 2. The molecule has 1 spiro atoms. The summed E-state index contributed by atoms with van der Waals surface area (Å²) in [6.45, 7) is 0.0863. The van der Waals surface area contributed by atoms with Gasteiger partial charge in [0.1, 0.15) is 6.54 Å². The molecule has 2 amide bonds. The van der Waals surface area contributed by atoms with Crippen LogP contribution in [0.15, 0.2) is 48.5 Å². The molecule has 2 aliphatic rings. The molecule has 1 N–H and O–H groups in total. The fourth-order valence-electron chi connectivity index (χ4n) is 4.24. The van der Waals surface area contributed by atoms with Crippen LogP contribution in [0.2, 0.25) is 0 Å². The number of carbonyl (C=O) groups excluding carboxylic acids is 2. The SMILES string of the molecule is CNC(=S)N1CC2(C1)C(=O)N(c1ccc(C#N)cc1)CC(=O)N2Cc1ccc(C(F)(F)F)cc1. The predicted molar refractivity (Wildman–Crippen MR) is 121 cm³/mol. The van der Waals surface area contributed by atoms with E-state index in [2.05, 4.69) is 5.32 Å². The summed E-state index contributed by atoms with van der Waals surface area (Å²) in [7, 11) is 1.66. The van der Waals surface area contributed by atoms with Crippen molar-refractivity contribution in [1.82, 2.24) is 15.1 Å². The Morgan fingerprint density at radius 3 is 2.26 bits per heavy atom. The van der Waals surface area contributed by atoms with Gasteiger partial charge in [-0.15, -0.1) is 0 Å². The lowest BCUT2D eigenvalue weighted by Crippen LogP contribution is -2.81. The highest BCUT2D eigenvalue weighted by molar-refractivity contribution is 7.80. The van der Waals surface area contributed by atoms with Crippen LogP contribution in [0.3, 0.4) is 0 Å². The maximum absolute atomic E-state index is 13.7. The summed E-state index contributed by atoms with van der Waals surface area (Å²) in [6, 6.07) is 12.9. The van der Waals surface area contributed by atoms with Gasteiger partial charge in [-0.05, 0) is 54.2 Å². The second-order valence-electron chi connectivity index (χ2n) is 8.17. The quantitative estimate of drug-likeness (QED) is 0.671. The first kappa shape index (κ1) is 23.5. The van der Waals surface area contributed by atoms with Gasteiger partial charge in [0.25, 0.3) is 5.91 Å². The van der Waals surface area contributed by atoms with E-state index in [1.807, 2.05) is 6.07 Å². The number of nitrogens with zero attached hydrogens (tertiary/aromatic N) is 4. The molecule has 2 aromatic carbocycles. The Kier molecular flexibility index (Phi) is 5.95. The normalized spacial score (nSPS) is 17.4. The fourth-order valence-corrected chi connectivity index (χ4v) is 4.37. The van der Waals surface area contributed by atoms with Gasteiger partial charge in [-0.2, -0.15) is 18.4 Å². The topological polar surface area (TPSA) is 79.7 Å². The number of halogens is 3. The van der Waals surface area contributed by atoms with E-state index in [4.69, 9.17) is 17.5 Å². The molecule has 11 heteroatoms. The molecular weight excluding hydrogens is 467 g/mol. The average Bonchev–Trinajstić information content (AvgIpc) is 2.79. The van der Waals surface area contributed by atoms with Crippen LogP contribution < -0.4 is 10.2 Å². The zero-order valence-corrected chi connectivity index (χ0v) is 18.9. The minimum atomic E-state index is -4.46. The number of anilines is 1. The predicted octanol–water partition coefficient (Wildman–Crippen LogP) is 2.51. The van der Waals surface area contributed by atoms with Gasteiger partial charge in [0, 0.05) is 19.3 Å². The zero-order valence-electron chi connectivity index (χ0n) is 18.1. The summed E-state index contributed by atoms with van der Waals surface area (Å²) in [6.07, 6.45) is -4.46. The molecule has 2 aliphatic heterocycles. The smallest absolute Gasteiger partial charge is 0.366 e. The number of likely N-dealkylation sites (tertiary alicyclic amines) is 1. The van der Waals surface area contributed by atoms with Gasteiger partial charge in [0.2, 0.25) is 5.91 Å². The molecule has 34 heavy (non-hydrogen) atoms. The van der Waals surface area contributed by atoms with Crippen LogP contribution in [-0.4, -0.2) is 58.9 Å². The molecule has 0 saturated carbocycles. The highest BCUT2D eigenvalue weighted by Gasteiger charge is 2.60. The molecule has 0 radical (unpaired) electrons. The van der Waals surface area contributed by atoms with Crippen LogP contribution in [0.4, 0.5) is 18.9 Å². The molecule has 2 aromatic rings. The Balaban J connectivity index is 1.64. The van der Waals surface area contributed by atoms with Crippen molar-refractivity contribution < 1.29 is 22.8 Å². The molecule has 0 aromatic heterocycles. The Morgan fingerprint density at radius 2 is 1.74 bits per heavy atom. The van der Waals surface area contributed by atoms with Crippen molar-refractivity contribution in [2.24, 2.45) is 0 Å². The summed E-state index contributed by atoms with van der Waals surface area (Å²) in [5.74, 6) is -0.641. The Bertz CT molecular complexity index is 1170. The van der Waals surface area contributed by atoms with Crippen LogP contribution in [0.25, 0.3) is 0 Å². The molecule has 0 unspecified atom stereocenters. The molecule has 4 rings (SSSR count). The summed E-state index contributed by atoms with van der Waals surface area (Å²) in [4.78, 5) is 31.5. The highest BCUT2D eigenvalue weighted by Crippen LogP contribution is 2.37. The van der Waals surface area contributed by atoms with Gasteiger partial charge < -0.3 is 20.0 Å². The monoisotopic (exact) mass is 487 g/mol. The van der Waals surface area contributed by atoms with Crippen LogP contribution >= 0.6 is 12.2 Å². The third-order valence-electron chi connectivity index (χ3n) is 6.09. The molecule has 0 atom stereocenters. The molecular formula is C23H20F3N5O2S. The first-order valence-electron chi connectivity index (χ1n) is 10.3. The van der Waals surface area contributed by atoms with Gasteiger partial charge in [-0.3, -0.25) is 9.59 Å². The number of nitrogens with one attached hydrogen (secondary N) is 1. The van der Waals surface area contributed by atoms with E-state index in [1.54, 1.807) is 36.2 Å². The minimum Gasteiger partial charge on any atom is -0.366 e. The van der Waals surface area contributed by atoms with Crippen molar-refractivity contribution >= 4 is 34.8 Å². The van der Waals surface area contributed by atoms with Crippen molar-refractivity contribution in [1.29, 1.82) is 5.26 Å². The number of alkyl halides is 3. The van der Waals surface area contributed by atoms with Gasteiger partial charge >= 0.3 is 6.18 Å². The molecule has 0 aliphatic carbocycles. The Hall–Kier alpha value is -3.65. The Labute approximate surface area is 199 Å². The van der Waals surface area contributed by atoms with Crippen molar-refractivity contribution in [3.63, 3.8) is 0 Å². The van der Waals surface area contributed by atoms with Gasteiger partial charge in [0.15, 0.2) is 10.7 Å². The standard InChI is InChI=1S/C23H20F3N5O2S/c1-28-21(34)29-13-22(14-29)20(33)30(18-8-4-15(10-27)5-9-18)12-19(32)31(22)11-16-2-6-17(7-3-16)23(24,25)26/h2-9H,11-14H2,1H3,(H,28,34). The average molecular weight is 488 g/mol. The largest absolute Gasteiger partial charge is 0.416 e. The van der Waals surface area contributed by atoms with Crippen molar-refractivity contribution in [3.8, 4) is 6.07 Å². The lowest BCUT2D eigenvalue weighted by atomic mass is 9.83. The molecule has 2 saturated heterocycles. The van der Waals surface area contributed by atoms with E-state index in [-0.39, 0.29) is 38.0 Å². The van der Waals surface area contributed by atoms with E-state index >= 15 is 0 Å². The number of hydrogen-bond donors (Lipinski definition) is 1. The summed E-state index contributed by atoms with van der Waals surface area (Å²) in [5.41, 5.74) is -0.608. The van der Waals surface area contributed by atoms with Gasteiger partial charge in [-0.25, -0.2) is 0 Å². The second kappa shape index (κ2) is 8.61. The van der Waals surface area contributed by atoms with Crippen LogP contribution in [0.5, 0.6) is 0 Å².